The zero-order valence-electron chi connectivity index (χ0n) is 15.9. The van der Waals surface area contributed by atoms with E-state index in [1.54, 1.807) is 0 Å². The predicted molar refractivity (Wildman–Crippen MR) is 101 cm³/mol. The average Bonchev–Trinajstić information content (AvgIpc) is 2.73. The van der Waals surface area contributed by atoms with Gasteiger partial charge in [-0.25, -0.2) is 4.79 Å². The van der Waals surface area contributed by atoms with Crippen LogP contribution in [0.3, 0.4) is 0 Å². The number of nitro groups is 1. The van der Waals surface area contributed by atoms with E-state index in [4.69, 9.17) is 4.74 Å². The highest BCUT2D eigenvalue weighted by Gasteiger charge is 2.36. The van der Waals surface area contributed by atoms with E-state index in [0.29, 0.717) is 5.56 Å². The summed E-state index contributed by atoms with van der Waals surface area (Å²) in [5, 5.41) is 20.1. The maximum Gasteiger partial charge on any atom is 0.416 e. The van der Waals surface area contributed by atoms with E-state index >= 15 is 0 Å². The number of halogens is 3. The normalized spacial score (nSPS) is 19.0. The van der Waals surface area contributed by atoms with Crippen molar-refractivity contribution in [1.29, 1.82) is 0 Å². The Morgan fingerprint density at radius 1 is 1.06 bits per heavy atom. The number of hydrogen-bond acceptors (Lipinski definition) is 5. The molecule has 0 aromatic heterocycles. The van der Waals surface area contributed by atoms with Gasteiger partial charge in [-0.2, -0.15) is 13.2 Å². The van der Waals surface area contributed by atoms with Crippen LogP contribution >= 0.6 is 0 Å². The Hall–Kier alpha value is -3.63. The van der Waals surface area contributed by atoms with Crippen molar-refractivity contribution in [2.75, 3.05) is 13.1 Å². The molecule has 0 saturated carbocycles. The Labute approximate surface area is 174 Å². The fourth-order valence-electron chi connectivity index (χ4n) is 3.41. The first-order chi connectivity index (χ1) is 14.5. The quantitative estimate of drug-likeness (QED) is 0.563. The number of likely N-dealkylation sites (tertiary alicyclic amines) is 1. The molecule has 0 bridgehead atoms. The number of piperidine rings is 1. The number of carboxylic acid groups (broad SMARTS) is 1. The summed E-state index contributed by atoms with van der Waals surface area (Å²) in [7, 11) is 0. The molecular weight excluding hydrogens is 421 g/mol. The van der Waals surface area contributed by atoms with Crippen LogP contribution in [0.15, 0.2) is 48.5 Å². The van der Waals surface area contributed by atoms with Crippen LogP contribution in [0.1, 0.15) is 23.5 Å². The van der Waals surface area contributed by atoms with Crippen LogP contribution in [-0.4, -0.2) is 40.1 Å². The molecule has 2 atom stereocenters. The van der Waals surface area contributed by atoms with Crippen LogP contribution in [0.5, 0.6) is 5.75 Å². The number of nitrogens with zero attached hydrogens (tertiary/aromatic N) is 2. The summed E-state index contributed by atoms with van der Waals surface area (Å²) in [5.74, 6) is -2.52. The smallest absolute Gasteiger partial charge is 0.416 e. The molecule has 31 heavy (non-hydrogen) atoms. The fraction of sp³-hybridized carbons (Fsp3) is 0.300. The zero-order chi connectivity index (χ0) is 22.8. The number of non-ortho nitro benzene ring substituents is 1. The van der Waals surface area contributed by atoms with Gasteiger partial charge in [0.2, 0.25) is 0 Å². The van der Waals surface area contributed by atoms with Gasteiger partial charge in [-0.05, 0) is 36.2 Å². The third-order valence-electron chi connectivity index (χ3n) is 5.02. The SMILES string of the molecule is O=C(O)C1CC(c2ccc(C(F)(F)F)cc2)CN(C(=O)Oc2ccc([N+](=O)[O-])cc2)C1. The lowest BCUT2D eigenvalue weighted by Crippen LogP contribution is -2.46. The largest absolute Gasteiger partial charge is 0.481 e. The summed E-state index contributed by atoms with van der Waals surface area (Å²) in [6.07, 6.45) is -5.19. The molecule has 0 radical (unpaired) electrons. The highest BCUT2D eigenvalue weighted by atomic mass is 19.4. The summed E-state index contributed by atoms with van der Waals surface area (Å²) < 4.78 is 43.6. The van der Waals surface area contributed by atoms with Crippen molar-refractivity contribution in [3.8, 4) is 5.75 Å². The topological polar surface area (TPSA) is 110 Å². The Morgan fingerprint density at radius 2 is 1.68 bits per heavy atom. The molecule has 2 unspecified atom stereocenters. The van der Waals surface area contributed by atoms with Crippen molar-refractivity contribution < 1.29 is 37.5 Å². The summed E-state index contributed by atoms with van der Waals surface area (Å²) >= 11 is 0. The van der Waals surface area contributed by atoms with Crippen LogP contribution in [-0.2, 0) is 11.0 Å². The summed E-state index contributed by atoms with van der Waals surface area (Å²) in [6, 6.07) is 9.17. The number of rotatable bonds is 4. The third kappa shape index (κ3) is 5.30. The molecule has 0 aliphatic carbocycles. The van der Waals surface area contributed by atoms with E-state index in [1.165, 1.54) is 29.2 Å². The molecule has 1 amide bonds. The van der Waals surface area contributed by atoms with Crippen molar-refractivity contribution >= 4 is 17.7 Å². The molecule has 3 rings (SSSR count). The number of carboxylic acids is 1. The van der Waals surface area contributed by atoms with Gasteiger partial charge in [0, 0.05) is 31.1 Å². The highest BCUT2D eigenvalue weighted by Crippen LogP contribution is 2.34. The lowest BCUT2D eigenvalue weighted by molar-refractivity contribution is -0.384. The lowest BCUT2D eigenvalue weighted by atomic mass is 9.84. The summed E-state index contributed by atoms with van der Waals surface area (Å²) in [6.45, 7) is -0.0702. The Balaban J connectivity index is 1.76. The monoisotopic (exact) mass is 438 g/mol. The summed E-state index contributed by atoms with van der Waals surface area (Å²) in [5.41, 5.74) is -0.533. The molecule has 11 heteroatoms. The average molecular weight is 438 g/mol. The fourth-order valence-corrected chi connectivity index (χ4v) is 3.41. The number of benzene rings is 2. The maximum absolute atomic E-state index is 12.8. The van der Waals surface area contributed by atoms with Gasteiger partial charge in [0.1, 0.15) is 5.75 Å². The molecule has 0 spiro atoms. The van der Waals surface area contributed by atoms with Gasteiger partial charge >= 0.3 is 18.2 Å². The standard InChI is InChI=1S/C20H17F3N2O6/c21-20(22,23)15-3-1-12(2-4-15)13-9-14(18(26)27)11-24(10-13)19(28)31-17-7-5-16(6-8-17)25(29)30/h1-8,13-14H,9-11H2,(H,26,27). The van der Waals surface area contributed by atoms with Crippen LogP contribution in [0.4, 0.5) is 23.7 Å². The second kappa shape index (κ2) is 8.62. The van der Waals surface area contributed by atoms with E-state index in [-0.39, 0.29) is 30.9 Å². The molecule has 1 saturated heterocycles. The van der Waals surface area contributed by atoms with E-state index in [9.17, 15) is 38.0 Å². The molecule has 1 N–H and O–H groups in total. The number of aliphatic carboxylic acids is 1. The highest BCUT2D eigenvalue weighted by molar-refractivity contribution is 5.75. The molecule has 1 aliphatic heterocycles. The molecule has 2 aromatic rings. The number of alkyl halides is 3. The first-order valence-electron chi connectivity index (χ1n) is 9.15. The van der Waals surface area contributed by atoms with Crippen molar-refractivity contribution in [2.24, 2.45) is 5.92 Å². The molecule has 164 valence electrons. The third-order valence-corrected chi connectivity index (χ3v) is 5.02. The zero-order valence-corrected chi connectivity index (χ0v) is 15.9. The van der Waals surface area contributed by atoms with E-state index in [2.05, 4.69) is 0 Å². The van der Waals surface area contributed by atoms with Crippen LogP contribution in [0, 0.1) is 16.0 Å². The lowest BCUT2D eigenvalue weighted by Gasteiger charge is -2.35. The van der Waals surface area contributed by atoms with Crippen molar-refractivity contribution in [3.63, 3.8) is 0 Å². The number of carbonyl (C=O) groups is 2. The van der Waals surface area contributed by atoms with Crippen LogP contribution in [0.25, 0.3) is 0 Å². The number of ether oxygens (including phenoxy) is 1. The minimum atomic E-state index is -4.49. The van der Waals surface area contributed by atoms with Crippen molar-refractivity contribution in [1.82, 2.24) is 4.90 Å². The number of carbonyl (C=O) groups excluding carboxylic acids is 1. The van der Waals surface area contributed by atoms with E-state index in [0.717, 1.165) is 24.3 Å². The Kier molecular flexibility index (Phi) is 6.14. The van der Waals surface area contributed by atoms with Gasteiger partial charge in [0.25, 0.3) is 5.69 Å². The molecule has 8 nitrogen and oxygen atoms in total. The molecular formula is C20H17F3N2O6. The van der Waals surface area contributed by atoms with Gasteiger partial charge in [0.05, 0.1) is 16.4 Å². The van der Waals surface area contributed by atoms with Gasteiger partial charge in [-0.15, -0.1) is 0 Å². The molecule has 1 fully saturated rings. The minimum absolute atomic E-state index is 0.0409. The Bertz CT molecular complexity index is 976. The molecule has 2 aromatic carbocycles. The maximum atomic E-state index is 12.8. The predicted octanol–water partition coefficient (Wildman–Crippen LogP) is 4.30. The molecule has 1 aliphatic rings. The second-order valence-electron chi connectivity index (χ2n) is 7.11. The van der Waals surface area contributed by atoms with Gasteiger partial charge in [0.15, 0.2) is 0 Å². The van der Waals surface area contributed by atoms with Gasteiger partial charge < -0.3 is 14.7 Å². The van der Waals surface area contributed by atoms with Crippen LogP contribution in [0.2, 0.25) is 0 Å². The van der Waals surface area contributed by atoms with E-state index in [1.807, 2.05) is 0 Å². The first kappa shape index (κ1) is 22.1. The van der Waals surface area contributed by atoms with Crippen molar-refractivity contribution in [3.05, 3.63) is 69.8 Å². The number of nitro benzene ring substituents is 1. The second-order valence-corrected chi connectivity index (χ2v) is 7.11. The van der Waals surface area contributed by atoms with Crippen molar-refractivity contribution in [2.45, 2.75) is 18.5 Å². The molecule has 1 heterocycles. The summed E-state index contributed by atoms with van der Waals surface area (Å²) in [4.78, 5) is 35.4. The first-order valence-corrected chi connectivity index (χ1v) is 9.15. The van der Waals surface area contributed by atoms with Gasteiger partial charge in [-0.3, -0.25) is 14.9 Å². The number of amides is 1. The van der Waals surface area contributed by atoms with E-state index < -0.39 is 40.6 Å². The van der Waals surface area contributed by atoms with Gasteiger partial charge in [-0.1, -0.05) is 12.1 Å². The minimum Gasteiger partial charge on any atom is -0.481 e. The Morgan fingerprint density at radius 3 is 2.19 bits per heavy atom. The number of hydrogen-bond donors (Lipinski definition) is 1. The van der Waals surface area contributed by atoms with Crippen LogP contribution < -0.4 is 4.74 Å².